The second-order valence-electron chi connectivity index (χ2n) is 9.11. The van der Waals surface area contributed by atoms with Crippen LogP contribution in [0.25, 0.3) is 0 Å². The van der Waals surface area contributed by atoms with E-state index in [1.54, 1.807) is 0 Å². The summed E-state index contributed by atoms with van der Waals surface area (Å²) >= 11 is 0. The Hall–Kier alpha value is -4.68. The Morgan fingerprint density at radius 3 is 1.90 bits per heavy atom. The van der Waals surface area contributed by atoms with E-state index < -0.39 is 24.1 Å². The van der Waals surface area contributed by atoms with Crippen LogP contribution >= 0.6 is 0 Å². The van der Waals surface area contributed by atoms with E-state index in [1.165, 1.54) is 11.1 Å². The van der Waals surface area contributed by atoms with Gasteiger partial charge in [-0.15, -0.1) is 0 Å². The molecule has 3 aromatic rings. The fraction of sp³-hybridized carbons (Fsp3) is 0.429. The fourth-order valence-electron chi connectivity index (χ4n) is 3.80. The molecule has 13 heteroatoms. The minimum atomic E-state index is -0.919. The molecule has 0 unspecified atom stereocenters. The van der Waals surface area contributed by atoms with Gasteiger partial charge in [0.05, 0.1) is 20.1 Å². The number of amides is 6. The molecule has 0 saturated heterocycles. The largest absolute Gasteiger partial charge is 0.338 e. The van der Waals surface area contributed by atoms with Gasteiger partial charge in [0.1, 0.15) is 31.3 Å². The summed E-state index contributed by atoms with van der Waals surface area (Å²) in [7, 11) is 1.92. The van der Waals surface area contributed by atoms with Crippen LogP contribution in [0.4, 0.5) is 14.4 Å². The van der Waals surface area contributed by atoms with Crippen molar-refractivity contribution in [3.63, 3.8) is 0 Å². The Kier molecular flexibility index (Phi) is 14.9. The van der Waals surface area contributed by atoms with Crippen LogP contribution in [0.15, 0.2) is 61.7 Å². The maximum Gasteiger partial charge on any atom is 0.329 e. The number of hydrogen-bond donors (Lipinski definition) is 6. The number of imide groups is 1. The summed E-state index contributed by atoms with van der Waals surface area (Å²) in [5.41, 5.74) is 2.55. The number of nitrogens with one attached hydrogen (secondary N) is 6. The molecule has 0 fully saturated rings. The molecule has 1 aromatic carbocycles. The number of imidazole rings is 2. The van der Waals surface area contributed by atoms with E-state index in [9.17, 15) is 14.4 Å². The molecule has 0 spiro atoms. The maximum atomic E-state index is 12.0. The number of aryl methyl sites for hydroxylation is 4. The monoisotopic (exact) mass is 570 g/mol. The van der Waals surface area contributed by atoms with Crippen molar-refractivity contribution in [2.24, 2.45) is 7.05 Å². The molecule has 6 N–H and O–H groups in total. The summed E-state index contributed by atoms with van der Waals surface area (Å²) in [5.74, 6) is -0.545. The van der Waals surface area contributed by atoms with Gasteiger partial charge in [-0.05, 0) is 17.5 Å². The van der Waals surface area contributed by atoms with Gasteiger partial charge in [0, 0.05) is 25.9 Å². The van der Waals surface area contributed by atoms with Crippen molar-refractivity contribution in [3.05, 3.63) is 72.8 Å². The molecule has 41 heavy (non-hydrogen) atoms. The second-order valence-corrected chi connectivity index (χ2v) is 9.11. The first-order valence-corrected chi connectivity index (χ1v) is 12.9. The average molecular weight is 571 g/mol. The standard InChI is InChI=1S/C26H36N10O3.2CH4/c1-3-21-6-8-22(9-7-21)18-36-17-16-35(20-36)13-5-10-28-24(37)30-23(27)31-26(39)32-25(38)29-11-4-12-34-15-14-33(2)19-34;;/h6-9,14-17,19-20H,3-5,10-13,18H2,1-2H3,(H4-2,27,28,29,30,31,32,37,38,39);2*1H4/p+2. The van der Waals surface area contributed by atoms with E-state index in [-0.39, 0.29) is 14.9 Å². The smallest absolute Gasteiger partial charge is 0.329 e. The molecule has 0 saturated carbocycles. The average Bonchev–Trinajstić information content (AvgIpc) is 3.53. The van der Waals surface area contributed by atoms with Gasteiger partial charge < -0.3 is 10.6 Å². The van der Waals surface area contributed by atoms with Crippen LogP contribution in [0.1, 0.15) is 45.7 Å². The van der Waals surface area contributed by atoms with Crippen molar-refractivity contribution in [1.29, 1.82) is 5.41 Å². The lowest BCUT2D eigenvalue weighted by molar-refractivity contribution is -0.687. The summed E-state index contributed by atoms with van der Waals surface area (Å²) in [6.45, 7) is 5.10. The van der Waals surface area contributed by atoms with E-state index in [4.69, 9.17) is 5.41 Å². The number of urea groups is 3. The van der Waals surface area contributed by atoms with Crippen molar-refractivity contribution < 1.29 is 23.5 Å². The first kappa shape index (κ1) is 34.3. The van der Waals surface area contributed by atoms with Gasteiger partial charge in [-0.2, -0.15) is 0 Å². The number of rotatable bonds is 11. The summed E-state index contributed by atoms with van der Waals surface area (Å²) in [4.78, 5) is 35.7. The van der Waals surface area contributed by atoms with Crippen LogP contribution < -0.4 is 35.7 Å². The van der Waals surface area contributed by atoms with E-state index in [0.717, 1.165) is 19.5 Å². The van der Waals surface area contributed by atoms with Gasteiger partial charge in [0.2, 0.25) is 18.6 Å². The van der Waals surface area contributed by atoms with Crippen molar-refractivity contribution >= 4 is 24.1 Å². The Labute approximate surface area is 242 Å². The van der Waals surface area contributed by atoms with Crippen molar-refractivity contribution in [2.45, 2.75) is 60.7 Å². The molecular formula is C28H46N10O3+2. The Morgan fingerprint density at radius 1 is 0.780 bits per heavy atom. The van der Waals surface area contributed by atoms with E-state index in [0.29, 0.717) is 32.5 Å². The van der Waals surface area contributed by atoms with Gasteiger partial charge >= 0.3 is 18.1 Å². The van der Waals surface area contributed by atoms with Crippen LogP contribution in [-0.2, 0) is 33.1 Å². The summed E-state index contributed by atoms with van der Waals surface area (Å²) in [6.07, 6.45) is 14.2. The highest BCUT2D eigenvalue weighted by Gasteiger charge is 2.11. The molecule has 6 amide bonds. The number of aromatic nitrogens is 4. The van der Waals surface area contributed by atoms with Crippen LogP contribution in [0.2, 0.25) is 0 Å². The molecule has 3 rings (SSSR count). The number of carbonyl (C=O) groups is 3. The van der Waals surface area contributed by atoms with E-state index in [1.807, 2.05) is 58.2 Å². The summed E-state index contributed by atoms with van der Waals surface area (Å²) in [6, 6.07) is 6.35. The zero-order valence-corrected chi connectivity index (χ0v) is 22.4. The number of carbonyl (C=O) groups excluding carboxylic acids is 3. The Balaban J connectivity index is 0.00000420. The second kappa shape index (κ2) is 17.8. The molecule has 0 atom stereocenters. The topological polar surface area (TPSA) is 153 Å². The maximum absolute atomic E-state index is 12.0. The van der Waals surface area contributed by atoms with Crippen LogP contribution in [0, 0.1) is 5.41 Å². The molecule has 224 valence electrons. The van der Waals surface area contributed by atoms with Gasteiger partial charge in [-0.1, -0.05) is 46.0 Å². The van der Waals surface area contributed by atoms with Crippen molar-refractivity contribution in [2.75, 3.05) is 13.1 Å². The van der Waals surface area contributed by atoms with Gasteiger partial charge in [0.25, 0.3) is 0 Å². The van der Waals surface area contributed by atoms with Gasteiger partial charge in [-0.3, -0.25) is 21.4 Å². The third-order valence-electron chi connectivity index (χ3n) is 5.83. The fourth-order valence-corrected chi connectivity index (χ4v) is 3.80. The lowest BCUT2D eigenvalue weighted by atomic mass is 10.1. The predicted octanol–water partition coefficient (Wildman–Crippen LogP) is 2.01. The first-order valence-electron chi connectivity index (χ1n) is 12.9. The minimum absolute atomic E-state index is 0. The number of hydrogen-bond acceptors (Lipinski definition) is 4. The van der Waals surface area contributed by atoms with Crippen LogP contribution in [0.3, 0.4) is 0 Å². The summed E-state index contributed by atoms with van der Waals surface area (Å²) in [5, 5.41) is 19.3. The Morgan fingerprint density at radius 2 is 1.32 bits per heavy atom. The predicted molar refractivity (Wildman–Crippen MR) is 157 cm³/mol. The third kappa shape index (κ3) is 12.8. The molecule has 0 aliphatic carbocycles. The van der Waals surface area contributed by atoms with Crippen LogP contribution in [-0.4, -0.2) is 46.3 Å². The van der Waals surface area contributed by atoms with E-state index in [2.05, 4.69) is 62.3 Å². The number of nitrogens with zero attached hydrogens (tertiary/aromatic N) is 4. The molecule has 0 bridgehead atoms. The molecule has 2 heterocycles. The molecular weight excluding hydrogens is 524 g/mol. The highest BCUT2D eigenvalue weighted by Crippen LogP contribution is 2.04. The van der Waals surface area contributed by atoms with Crippen molar-refractivity contribution in [1.82, 2.24) is 35.7 Å². The first-order chi connectivity index (χ1) is 18.8. The zero-order valence-electron chi connectivity index (χ0n) is 22.4. The molecule has 0 radical (unpaired) electrons. The zero-order chi connectivity index (χ0) is 28.0. The molecule has 2 aromatic heterocycles. The lowest BCUT2D eigenvalue weighted by Crippen LogP contribution is -2.52. The summed E-state index contributed by atoms with van der Waals surface area (Å²) < 4.78 is 8.04. The quantitative estimate of drug-likeness (QED) is 0.0905. The van der Waals surface area contributed by atoms with Gasteiger partial charge in [0.15, 0.2) is 0 Å². The third-order valence-corrected chi connectivity index (χ3v) is 5.83. The number of benzene rings is 1. The highest BCUT2D eigenvalue weighted by atomic mass is 16.2. The molecule has 0 aliphatic heterocycles. The van der Waals surface area contributed by atoms with Crippen LogP contribution in [0.5, 0.6) is 0 Å². The minimum Gasteiger partial charge on any atom is -0.338 e. The molecule has 13 nitrogen and oxygen atoms in total. The van der Waals surface area contributed by atoms with Gasteiger partial charge in [-0.25, -0.2) is 32.7 Å². The van der Waals surface area contributed by atoms with E-state index >= 15 is 0 Å². The Bertz CT molecular complexity index is 1250. The lowest BCUT2D eigenvalue weighted by Gasteiger charge is -2.10. The molecule has 0 aliphatic rings. The SMILES string of the molecule is C.C.CCc1ccc(C[n+]2ccn(CCCNC(=O)NC(=N)NC(=O)NC(=O)NCCCn3cc[n+](C)c3)c2)cc1. The normalized spacial score (nSPS) is 10.0. The number of guanidine groups is 1. The van der Waals surface area contributed by atoms with Crippen molar-refractivity contribution in [3.8, 4) is 0 Å². The highest BCUT2D eigenvalue weighted by molar-refractivity contribution is 6.05.